The fourth-order valence-corrected chi connectivity index (χ4v) is 3.96. The van der Waals surface area contributed by atoms with Crippen LogP contribution in [-0.4, -0.2) is 35.0 Å². The number of likely N-dealkylation sites (tertiary alicyclic amines) is 1. The molecule has 0 bridgehead atoms. The van der Waals surface area contributed by atoms with E-state index in [1.54, 1.807) is 11.3 Å². The number of halogens is 1. The Bertz CT molecular complexity index is 481. The Morgan fingerprint density at radius 3 is 2.65 bits per heavy atom. The zero-order valence-electron chi connectivity index (χ0n) is 11.2. The molecule has 1 aliphatic heterocycles. The van der Waals surface area contributed by atoms with Crippen LogP contribution in [0.4, 0.5) is 0 Å². The smallest absolute Gasteiger partial charge is 0.303 e. The molecule has 1 amide bonds. The summed E-state index contributed by atoms with van der Waals surface area (Å²) in [6.07, 6.45) is 3.16. The average molecular weight is 360 g/mol. The first-order valence-electron chi connectivity index (χ1n) is 6.77. The van der Waals surface area contributed by atoms with Crippen molar-refractivity contribution >= 4 is 39.1 Å². The number of amides is 1. The Morgan fingerprint density at radius 1 is 1.40 bits per heavy atom. The highest BCUT2D eigenvalue weighted by Gasteiger charge is 2.24. The van der Waals surface area contributed by atoms with E-state index in [1.165, 1.54) is 4.88 Å². The minimum Gasteiger partial charge on any atom is -0.481 e. The number of hydrogen-bond donors (Lipinski definition) is 1. The third-order valence-corrected chi connectivity index (χ3v) is 5.39. The Labute approximate surface area is 130 Å². The Balaban J connectivity index is 1.73. The predicted molar refractivity (Wildman–Crippen MR) is 81.9 cm³/mol. The molecular formula is C14H18BrNO3S. The van der Waals surface area contributed by atoms with E-state index in [4.69, 9.17) is 5.11 Å². The number of rotatable bonds is 5. The van der Waals surface area contributed by atoms with Gasteiger partial charge < -0.3 is 10.0 Å². The molecular weight excluding hydrogens is 342 g/mol. The normalized spacial score (nSPS) is 16.4. The molecule has 1 fully saturated rings. The van der Waals surface area contributed by atoms with Crippen LogP contribution in [-0.2, 0) is 16.0 Å². The molecule has 6 heteroatoms. The van der Waals surface area contributed by atoms with Crippen molar-refractivity contribution < 1.29 is 14.7 Å². The molecule has 0 atom stereocenters. The van der Waals surface area contributed by atoms with Gasteiger partial charge in [0.15, 0.2) is 0 Å². The second-order valence-corrected chi connectivity index (χ2v) is 7.06. The van der Waals surface area contributed by atoms with E-state index in [1.807, 2.05) is 10.3 Å². The molecule has 0 spiro atoms. The maximum absolute atomic E-state index is 12.1. The number of aliphatic carboxylic acids is 1. The maximum Gasteiger partial charge on any atom is 0.303 e. The van der Waals surface area contributed by atoms with Crippen LogP contribution >= 0.6 is 27.3 Å². The number of piperidine rings is 1. The fourth-order valence-electron chi connectivity index (χ4n) is 2.51. The first-order valence-corrected chi connectivity index (χ1v) is 8.44. The van der Waals surface area contributed by atoms with Gasteiger partial charge in [0.2, 0.25) is 5.91 Å². The summed E-state index contributed by atoms with van der Waals surface area (Å²) in [4.78, 5) is 25.9. The molecule has 2 rings (SSSR count). The van der Waals surface area contributed by atoms with Gasteiger partial charge in [-0.1, -0.05) is 0 Å². The standard InChI is InChI=1S/C14H18BrNO3S/c15-11-8-12(20-9-11)1-2-13(17)16-5-3-10(4-6-16)7-14(18)19/h8-10H,1-7H2,(H,18,19). The summed E-state index contributed by atoms with van der Waals surface area (Å²) < 4.78 is 1.07. The molecule has 20 heavy (non-hydrogen) atoms. The van der Waals surface area contributed by atoms with Gasteiger partial charge in [-0.15, -0.1) is 11.3 Å². The quantitative estimate of drug-likeness (QED) is 0.878. The predicted octanol–water partition coefficient (Wildman–Crippen LogP) is 3.16. The molecule has 0 aromatic carbocycles. The molecule has 110 valence electrons. The van der Waals surface area contributed by atoms with Crippen molar-refractivity contribution in [2.75, 3.05) is 13.1 Å². The summed E-state index contributed by atoms with van der Waals surface area (Å²) in [5, 5.41) is 10.8. The Kier molecular flexibility index (Phi) is 5.60. The van der Waals surface area contributed by atoms with Gasteiger partial charge in [-0.25, -0.2) is 0 Å². The van der Waals surface area contributed by atoms with Crippen LogP contribution in [0.2, 0.25) is 0 Å². The third kappa shape index (κ3) is 4.59. The van der Waals surface area contributed by atoms with E-state index in [0.29, 0.717) is 19.5 Å². The van der Waals surface area contributed by atoms with Crippen molar-refractivity contribution in [1.29, 1.82) is 0 Å². The number of thiophene rings is 1. The van der Waals surface area contributed by atoms with Gasteiger partial charge in [-0.2, -0.15) is 0 Å². The van der Waals surface area contributed by atoms with Crippen LogP contribution in [0.25, 0.3) is 0 Å². The van der Waals surface area contributed by atoms with E-state index in [9.17, 15) is 9.59 Å². The van der Waals surface area contributed by atoms with E-state index < -0.39 is 5.97 Å². The van der Waals surface area contributed by atoms with Crippen molar-refractivity contribution in [3.63, 3.8) is 0 Å². The second kappa shape index (κ2) is 7.22. The van der Waals surface area contributed by atoms with Crippen LogP contribution in [0, 0.1) is 5.92 Å². The maximum atomic E-state index is 12.1. The highest BCUT2D eigenvalue weighted by atomic mass is 79.9. The summed E-state index contributed by atoms with van der Waals surface area (Å²) in [5.74, 6) is -0.328. The van der Waals surface area contributed by atoms with Crippen molar-refractivity contribution in [3.8, 4) is 0 Å². The number of nitrogens with zero attached hydrogens (tertiary/aromatic N) is 1. The lowest BCUT2D eigenvalue weighted by molar-refractivity contribution is -0.138. The van der Waals surface area contributed by atoms with Gasteiger partial charge in [-0.3, -0.25) is 9.59 Å². The molecule has 1 aromatic rings. The largest absolute Gasteiger partial charge is 0.481 e. The zero-order valence-corrected chi connectivity index (χ0v) is 13.6. The van der Waals surface area contributed by atoms with Crippen molar-refractivity contribution in [2.24, 2.45) is 5.92 Å². The van der Waals surface area contributed by atoms with E-state index in [-0.39, 0.29) is 18.2 Å². The Morgan fingerprint density at radius 2 is 2.10 bits per heavy atom. The second-order valence-electron chi connectivity index (χ2n) is 5.15. The van der Waals surface area contributed by atoms with E-state index in [2.05, 4.69) is 22.0 Å². The summed E-state index contributed by atoms with van der Waals surface area (Å²) in [5.41, 5.74) is 0. The summed E-state index contributed by atoms with van der Waals surface area (Å²) in [6.45, 7) is 1.40. The highest BCUT2D eigenvalue weighted by Crippen LogP contribution is 2.23. The number of hydrogen-bond acceptors (Lipinski definition) is 3. The third-order valence-electron chi connectivity index (χ3n) is 3.64. The molecule has 1 aliphatic rings. The SMILES string of the molecule is O=C(O)CC1CCN(C(=O)CCc2cc(Br)cs2)CC1. The fraction of sp³-hybridized carbons (Fsp3) is 0.571. The van der Waals surface area contributed by atoms with Crippen LogP contribution in [0.3, 0.4) is 0 Å². The number of carboxylic acid groups (broad SMARTS) is 1. The van der Waals surface area contributed by atoms with E-state index in [0.717, 1.165) is 23.7 Å². The van der Waals surface area contributed by atoms with Crippen molar-refractivity contribution in [3.05, 3.63) is 20.8 Å². The van der Waals surface area contributed by atoms with Crippen molar-refractivity contribution in [2.45, 2.75) is 32.1 Å². The van der Waals surface area contributed by atoms with E-state index >= 15 is 0 Å². The average Bonchev–Trinajstić information content (AvgIpc) is 2.82. The van der Waals surface area contributed by atoms with Gasteiger partial charge in [-0.05, 0) is 47.2 Å². The van der Waals surface area contributed by atoms with Gasteiger partial charge in [0.05, 0.1) is 0 Å². The first-order chi connectivity index (χ1) is 9.54. The Hall–Kier alpha value is -0.880. The number of carboxylic acids is 1. The lowest BCUT2D eigenvalue weighted by Gasteiger charge is -2.31. The lowest BCUT2D eigenvalue weighted by Crippen LogP contribution is -2.39. The zero-order chi connectivity index (χ0) is 14.5. The van der Waals surface area contributed by atoms with Crippen LogP contribution in [0.1, 0.15) is 30.6 Å². The number of carbonyl (C=O) groups excluding carboxylic acids is 1. The van der Waals surface area contributed by atoms with Gasteiger partial charge in [0, 0.05) is 40.7 Å². The van der Waals surface area contributed by atoms with Crippen LogP contribution < -0.4 is 0 Å². The lowest BCUT2D eigenvalue weighted by atomic mass is 9.93. The minimum absolute atomic E-state index is 0.184. The number of carbonyl (C=O) groups is 2. The highest BCUT2D eigenvalue weighted by molar-refractivity contribution is 9.10. The van der Waals surface area contributed by atoms with Crippen LogP contribution in [0.5, 0.6) is 0 Å². The topological polar surface area (TPSA) is 57.6 Å². The van der Waals surface area contributed by atoms with Crippen LogP contribution in [0.15, 0.2) is 15.9 Å². The molecule has 0 unspecified atom stereocenters. The summed E-state index contributed by atoms with van der Waals surface area (Å²) >= 11 is 5.07. The minimum atomic E-state index is -0.738. The molecule has 4 nitrogen and oxygen atoms in total. The summed E-state index contributed by atoms with van der Waals surface area (Å²) in [6, 6.07) is 2.05. The molecule has 1 aromatic heterocycles. The molecule has 1 saturated heterocycles. The molecule has 0 saturated carbocycles. The number of aryl methyl sites for hydroxylation is 1. The molecule has 0 aliphatic carbocycles. The molecule has 0 radical (unpaired) electrons. The van der Waals surface area contributed by atoms with Gasteiger partial charge in [0.1, 0.15) is 0 Å². The van der Waals surface area contributed by atoms with Gasteiger partial charge in [0.25, 0.3) is 0 Å². The first kappa shape index (κ1) is 15.5. The summed E-state index contributed by atoms with van der Waals surface area (Å²) in [7, 11) is 0. The van der Waals surface area contributed by atoms with Crippen molar-refractivity contribution in [1.82, 2.24) is 4.90 Å². The molecule has 2 heterocycles. The van der Waals surface area contributed by atoms with Gasteiger partial charge >= 0.3 is 5.97 Å². The monoisotopic (exact) mass is 359 g/mol. The molecule has 1 N–H and O–H groups in total.